The summed E-state index contributed by atoms with van der Waals surface area (Å²) in [7, 11) is 0. The summed E-state index contributed by atoms with van der Waals surface area (Å²) in [5.41, 5.74) is 10.4. The number of hydrogen-bond acceptors (Lipinski definition) is 4. The Balaban J connectivity index is 1.14. The van der Waals surface area contributed by atoms with Crippen molar-refractivity contribution in [3.05, 3.63) is 194 Å². The molecule has 270 valence electrons. The number of pyridine rings is 1. The Hall–Kier alpha value is -7.47. The molecule has 58 heavy (non-hydrogen) atoms. The Morgan fingerprint density at radius 2 is 0.983 bits per heavy atom. The van der Waals surface area contributed by atoms with Crippen molar-refractivity contribution in [1.82, 2.24) is 19.5 Å². The van der Waals surface area contributed by atoms with E-state index in [0.29, 0.717) is 5.82 Å². The van der Waals surface area contributed by atoms with Gasteiger partial charge in [0.25, 0.3) is 0 Å². The number of para-hydroxylation sites is 1. The molecule has 0 spiro atoms. The van der Waals surface area contributed by atoms with Crippen LogP contribution in [0.1, 0.15) is 0 Å². The van der Waals surface area contributed by atoms with Crippen molar-refractivity contribution < 1.29 is 0 Å². The van der Waals surface area contributed by atoms with Crippen LogP contribution in [0.4, 0.5) is 0 Å². The molecule has 0 aliphatic heterocycles. The zero-order chi connectivity index (χ0) is 38.2. The van der Waals surface area contributed by atoms with Crippen molar-refractivity contribution in [2.45, 2.75) is 0 Å². The van der Waals surface area contributed by atoms with Crippen LogP contribution in [0, 0.1) is 0 Å². The molecule has 0 aliphatic carbocycles. The monoisotopic (exact) mass is 756 g/mol. The number of benzene rings is 8. The molecule has 0 fully saturated rings. The van der Waals surface area contributed by atoms with Gasteiger partial charge in [-0.2, -0.15) is 0 Å². The summed E-state index contributed by atoms with van der Waals surface area (Å²) in [5.74, 6) is 0.694. The van der Waals surface area contributed by atoms with E-state index in [-0.39, 0.29) is 0 Å². The fraction of sp³-hybridized carbons (Fsp3) is 0. The second kappa shape index (κ2) is 13.1. The fourth-order valence-corrected chi connectivity index (χ4v) is 10.3. The van der Waals surface area contributed by atoms with Gasteiger partial charge in [-0.15, -0.1) is 11.3 Å². The highest BCUT2D eigenvalue weighted by Crippen LogP contribution is 2.51. The molecule has 0 unspecified atom stereocenters. The van der Waals surface area contributed by atoms with Crippen LogP contribution in [0.25, 0.3) is 114 Å². The van der Waals surface area contributed by atoms with Crippen molar-refractivity contribution in [2.75, 3.05) is 0 Å². The molecule has 0 amide bonds. The van der Waals surface area contributed by atoms with Gasteiger partial charge in [-0.3, -0.25) is 4.98 Å². The average molecular weight is 757 g/mol. The van der Waals surface area contributed by atoms with Crippen LogP contribution in [0.15, 0.2) is 194 Å². The lowest BCUT2D eigenvalue weighted by Gasteiger charge is -2.12. The minimum Gasteiger partial charge on any atom is -0.308 e. The predicted molar refractivity (Wildman–Crippen MR) is 244 cm³/mol. The van der Waals surface area contributed by atoms with Gasteiger partial charge < -0.3 is 4.57 Å². The Morgan fingerprint density at radius 3 is 1.66 bits per heavy atom. The quantitative estimate of drug-likeness (QED) is 0.164. The summed E-state index contributed by atoms with van der Waals surface area (Å²) in [6, 6.07) is 66.7. The summed E-state index contributed by atoms with van der Waals surface area (Å²) in [6.45, 7) is 0. The van der Waals surface area contributed by atoms with E-state index in [1.54, 1.807) is 0 Å². The maximum Gasteiger partial charge on any atom is 0.160 e. The molecule has 0 saturated heterocycles. The molecule has 0 radical (unpaired) electrons. The molecule has 12 rings (SSSR count). The van der Waals surface area contributed by atoms with E-state index in [1.165, 1.54) is 58.0 Å². The van der Waals surface area contributed by atoms with Crippen molar-refractivity contribution in [1.29, 1.82) is 0 Å². The highest BCUT2D eigenvalue weighted by Gasteiger charge is 2.24. The van der Waals surface area contributed by atoms with E-state index < -0.39 is 0 Å². The van der Waals surface area contributed by atoms with Crippen molar-refractivity contribution in [3.63, 3.8) is 0 Å². The fourth-order valence-electron chi connectivity index (χ4n) is 8.85. The van der Waals surface area contributed by atoms with Crippen LogP contribution in [-0.2, 0) is 0 Å². The van der Waals surface area contributed by atoms with E-state index in [1.807, 2.05) is 35.7 Å². The molecule has 8 aromatic carbocycles. The first-order chi connectivity index (χ1) is 28.8. The van der Waals surface area contributed by atoms with Gasteiger partial charge in [0.05, 0.1) is 32.8 Å². The lowest BCUT2D eigenvalue weighted by atomic mass is 9.94. The number of fused-ring (bicyclic) bond motifs is 12. The lowest BCUT2D eigenvalue weighted by Crippen LogP contribution is -1.97. The first-order valence-electron chi connectivity index (χ1n) is 19.5. The Morgan fingerprint density at radius 1 is 0.397 bits per heavy atom. The third-order valence-electron chi connectivity index (χ3n) is 11.4. The third kappa shape index (κ3) is 5.04. The van der Waals surface area contributed by atoms with E-state index in [2.05, 4.69) is 174 Å². The molecular formula is C53H32N4S. The van der Waals surface area contributed by atoms with Gasteiger partial charge in [-0.25, -0.2) is 9.97 Å². The minimum absolute atomic E-state index is 0.694. The van der Waals surface area contributed by atoms with Gasteiger partial charge in [-0.1, -0.05) is 133 Å². The van der Waals surface area contributed by atoms with E-state index in [9.17, 15) is 0 Å². The Kier molecular flexibility index (Phi) is 7.37. The van der Waals surface area contributed by atoms with Gasteiger partial charge in [0.2, 0.25) is 0 Å². The molecule has 12 aromatic rings. The zero-order valence-electron chi connectivity index (χ0n) is 31.2. The van der Waals surface area contributed by atoms with Crippen LogP contribution in [0.2, 0.25) is 0 Å². The SMILES string of the molecule is c1ccc(-c2cc(-c3ccccc3)nc(-c3ccc(-n4c5ccccc5c5cc(-c6ccccn6)c6c(sc7c8ccccc8c8ccccc8c76)c54)cc3)n2)cc1. The summed E-state index contributed by atoms with van der Waals surface area (Å²) in [5, 5.41) is 10.0. The van der Waals surface area contributed by atoms with Crippen LogP contribution in [-0.4, -0.2) is 19.5 Å². The van der Waals surface area contributed by atoms with Gasteiger partial charge in [0, 0.05) is 65.8 Å². The summed E-state index contributed by atoms with van der Waals surface area (Å²) < 4.78 is 5.00. The minimum atomic E-state index is 0.694. The normalized spacial score (nSPS) is 11.8. The van der Waals surface area contributed by atoms with E-state index in [0.717, 1.165) is 50.5 Å². The van der Waals surface area contributed by atoms with Gasteiger partial charge in [0.15, 0.2) is 5.82 Å². The molecule has 0 atom stereocenters. The number of rotatable bonds is 5. The van der Waals surface area contributed by atoms with Crippen LogP contribution >= 0.6 is 11.3 Å². The molecule has 4 aromatic heterocycles. The van der Waals surface area contributed by atoms with Crippen LogP contribution in [0.5, 0.6) is 0 Å². The third-order valence-corrected chi connectivity index (χ3v) is 12.7. The second-order valence-electron chi connectivity index (χ2n) is 14.7. The molecule has 0 N–H and O–H groups in total. The zero-order valence-corrected chi connectivity index (χ0v) is 32.0. The van der Waals surface area contributed by atoms with Crippen molar-refractivity contribution in [2.24, 2.45) is 0 Å². The van der Waals surface area contributed by atoms with Gasteiger partial charge in [0.1, 0.15) is 0 Å². The summed E-state index contributed by atoms with van der Waals surface area (Å²) >= 11 is 1.90. The maximum absolute atomic E-state index is 5.12. The summed E-state index contributed by atoms with van der Waals surface area (Å²) in [6.07, 6.45) is 1.90. The van der Waals surface area contributed by atoms with Crippen LogP contribution < -0.4 is 0 Å². The molecule has 4 heterocycles. The first-order valence-corrected chi connectivity index (χ1v) is 20.3. The number of hydrogen-bond donors (Lipinski definition) is 0. The highest BCUT2D eigenvalue weighted by molar-refractivity contribution is 7.28. The van der Waals surface area contributed by atoms with E-state index >= 15 is 0 Å². The molecular weight excluding hydrogens is 725 g/mol. The number of thiophene rings is 1. The lowest BCUT2D eigenvalue weighted by molar-refractivity contribution is 1.17. The first kappa shape index (κ1) is 32.7. The Bertz CT molecular complexity index is 3480. The average Bonchev–Trinajstić information content (AvgIpc) is 3.87. The molecule has 0 saturated carbocycles. The number of nitrogens with zero attached hydrogens (tertiary/aromatic N) is 4. The number of aromatic nitrogens is 4. The molecule has 4 nitrogen and oxygen atoms in total. The molecule has 0 bridgehead atoms. The maximum atomic E-state index is 5.12. The van der Waals surface area contributed by atoms with Gasteiger partial charge >= 0.3 is 0 Å². The highest BCUT2D eigenvalue weighted by atomic mass is 32.1. The van der Waals surface area contributed by atoms with Gasteiger partial charge in [-0.05, 0) is 70.8 Å². The molecule has 5 heteroatoms. The topological polar surface area (TPSA) is 43.6 Å². The Labute approximate surface area is 338 Å². The van der Waals surface area contributed by atoms with E-state index in [4.69, 9.17) is 15.0 Å². The smallest absolute Gasteiger partial charge is 0.160 e. The van der Waals surface area contributed by atoms with Crippen LogP contribution in [0.3, 0.4) is 0 Å². The van der Waals surface area contributed by atoms with Crippen molar-refractivity contribution >= 4 is 74.9 Å². The second-order valence-corrected chi connectivity index (χ2v) is 15.8. The standard InChI is InChI=1S/C53H32N4S/c1-3-15-33(16-4-1)45-32-46(34-17-5-2-6-18-34)56-53(55-45)35-26-28-36(29-27-35)57-47-25-12-11-21-39(47)42-31-43(44-24-13-14-30-54-44)49-48-40-22-9-7-19-37(40)38-20-8-10-23-41(38)51(48)58-52(49)50(42)57/h1-32H. The van der Waals surface area contributed by atoms with Crippen molar-refractivity contribution in [3.8, 4) is 50.8 Å². The molecule has 0 aliphatic rings. The summed E-state index contributed by atoms with van der Waals surface area (Å²) in [4.78, 5) is 15.2. The largest absolute Gasteiger partial charge is 0.308 e. The predicted octanol–water partition coefficient (Wildman–Crippen LogP) is 14.3.